The first-order chi connectivity index (χ1) is 16.5. The first-order valence-electron chi connectivity index (χ1n) is 12.0. The molecule has 1 aromatic carbocycles. The van der Waals surface area contributed by atoms with Gasteiger partial charge in [-0.15, -0.1) is 11.3 Å². The van der Waals surface area contributed by atoms with Gasteiger partial charge in [-0.2, -0.15) is 5.26 Å². The Morgan fingerprint density at radius 3 is 2.91 bits per heavy atom. The minimum absolute atomic E-state index is 0.274. The van der Waals surface area contributed by atoms with Crippen molar-refractivity contribution in [2.75, 3.05) is 26.2 Å². The largest absolute Gasteiger partial charge is 0.337 e. The van der Waals surface area contributed by atoms with Gasteiger partial charge in [0.2, 0.25) is 5.91 Å². The number of nitrogens with zero attached hydrogens (tertiary/aromatic N) is 5. The van der Waals surface area contributed by atoms with Crippen molar-refractivity contribution in [3.63, 3.8) is 0 Å². The smallest absolute Gasteiger partial charge is 0.226 e. The molecule has 2 aromatic heterocycles. The number of carbonyl (C=O) groups is 1. The van der Waals surface area contributed by atoms with E-state index in [1.165, 1.54) is 5.56 Å². The van der Waals surface area contributed by atoms with Crippen LogP contribution in [0.2, 0.25) is 0 Å². The fourth-order valence-corrected chi connectivity index (χ4v) is 6.62. The molecule has 4 heterocycles. The third-order valence-electron chi connectivity index (χ3n) is 7.57. The third kappa shape index (κ3) is 3.78. The number of carbonyl (C=O) groups excluding carboxylic acids is 1. The summed E-state index contributed by atoms with van der Waals surface area (Å²) in [6, 6.07) is 8.83. The van der Waals surface area contributed by atoms with E-state index in [0.29, 0.717) is 30.0 Å². The molecule has 3 aliphatic rings. The van der Waals surface area contributed by atoms with Crippen LogP contribution in [0.4, 0.5) is 0 Å². The Labute approximate surface area is 203 Å². The number of likely N-dealkylation sites (tertiary alicyclic amines) is 1. The van der Waals surface area contributed by atoms with Gasteiger partial charge in [0.25, 0.3) is 0 Å². The molecular weight excluding hydrogens is 444 g/mol. The highest BCUT2D eigenvalue weighted by Gasteiger charge is 2.51. The highest BCUT2D eigenvalue weighted by molar-refractivity contribution is 7.19. The summed E-state index contributed by atoms with van der Waals surface area (Å²) in [4.78, 5) is 27.4. The maximum atomic E-state index is 12.5. The molecule has 174 valence electrons. The molecule has 0 bridgehead atoms. The van der Waals surface area contributed by atoms with E-state index in [1.54, 1.807) is 17.7 Å². The number of rotatable bonds is 5. The van der Waals surface area contributed by atoms with Crippen molar-refractivity contribution in [2.45, 2.75) is 39.4 Å². The Hall–Kier alpha value is -2.86. The van der Waals surface area contributed by atoms with E-state index in [4.69, 9.17) is 4.98 Å². The molecule has 7 nitrogen and oxygen atoms in total. The molecule has 2 aliphatic heterocycles. The first-order valence-corrected chi connectivity index (χ1v) is 12.8. The Kier molecular flexibility index (Phi) is 5.36. The summed E-state index contributed by atoms with van der Waals surface area (Å²) in [6.07, 6.45) is 2.69. The number of nitrogens with one attached hydrogen (secondary N) is 1. The van der Waals surface area contributed by atoms with Gasteiger partial charge in [-0.1, -0.05) is 0 Å². The van der Waals surface area contributed by atoms with Crippen LogP contribution in [-0.4, -0.2) is 57.9 Å². The van der Waals surface area contributed by atoms with Crippen molar-refractivity contribution in [1.29, 1.82) is 5.26 Å². The number of nitriles is 1. The Morgan fingerprint density at radius 2 is 2.15 bits per heavy atom. The maximum absolute atomic E-state index is 12.5. The van der Waals surface area contributed by atoms with E-state index in [9.17, 15) is 10.1 Å². The Morgan fingerprint density at radius 1 is 1.26 bits per heavy atom. The second-order valence-corrected chi connectivity index (χ2v) is 11.1. The topological polar surface area (TPSA) is 85.1 Å². The first kappa shape index (κ1) is 21.7. The monoisotopic (exact) mass is 472 g/mol. The third-order valence-corrected chi connectivity index (χ3v) is 8.69. The van der Waals surface area contributed by atoms with Gasteiger partial charge < -0.3 is 10.2 Å². The van der Waals surface area contributed by atoms with Gasteiger partial charge in [-0.05, 0) is 55.5 Å². The molecule has 1 aliphatic carbocycles. The van der Waals surface area contributed by atoms with Gasteiger partial charge in [-0.25, -0.2) is 9.97 Å². The van der Waals surface area contributed by atoms with Crippen LogP contribution in [0.3, 0.4) is 0 Å². The summed E-state index contributed by atoms with van der Waals surface area (Å²) < 4.78 is 1.03. The second kappa shape index (κ2) is 8.42. The number of piperazine rings is 1. The average Bonchev–Trinajstić information content (AvgIpc) is 3.37. The molecule has 3 atom stereocenters. The van der Waals surface area contributed by atoms with Gasteiger partial charge in [0.15, 0.2) is 0 Å². The molecule has 3 fully saturated rings. The number of thiophene rings is 1. The summed E-state index contributed by atoms with van der Waals surface area (Å²) in [7, 11) is 0. The Balaban J connectivity index is 1.39. The Bertz CT molecular complexity index is 1330. The summed E-state index contributed by atoms with van der Waals surface area (Å²) in [5.74, 6) is 1.15. The fraction of sp³-hybridized carbons (Fsp3) is 0.462. The molecule has 0 spiro atoms. The molecule has 34 heavy (non-hydrogen) atoms. The van der Waals surface area contributed by atoms with E-state index in [1.807, 2.05) is 17.0 Å². The zero-order valence-corrected chi connectivity index (χ0v) is 20.4. The van der Waals surface area contributed by atoms with E-state index < -0.39 is 0 Å². The van der Waals surface area contributed by atoms with Crippen LogP contribution >= 0.6 is 11.3 Å². The standard InChI is InChI=1S/C26H28N6OS/c1-15-5-17(9-27)6-21(22(15)13-31-4-3-28-10-16(31)2)24-25-23(29-14-30-24)8-19(34-25)12-32-11-18-7-20(18)26(32)33/h5-6,8,14,16,18,20,28H,3-4,7,10-13H2,1-2H3/t16-,18?,20?/m0/s1. The number of amides is 1. The van der Waals surface area contributed by atoms with E-state index in [-0.39, 0.29) is 5.92 Å². The van der Waals surface area contributed by atoms with Crippen LogP contribution in [0.15, 0.2) is 24.5 Å². The maximum Gasteiger partial charge on any atom is 0.226 e. The SMILES string of the molecule is Cc1cc(C#N)cc(-c2ncnc3cc(CN4CC5CC5C4=O)sc23)c1CN1CCNC[C@@H]1C. The normalized spacial score (nSPS) is 24.4. The lowest BCUT2D eigenvalue weighted by Gasteiger charge is -2.34. The number of aryl methyl sites for hydroxylation is 1. The summed E-state index contributed by atoms with van der Waals surface area (Å²) in [5, 5.41) is 13.1. The molecule has 2 unspecified atom stereocenters. The van der Waals surface area contributed by atoms with Gasteiger partial charge >= 0.3 is 0 Å². The number of hydrogen-bond donors (Lipinski definition) is 1. The molecule has 1 N–H and O–H groups in total. The van der Waals surface area contributed by atoms with Gasteiger partial charge in [0.1, 0.15) is 6.33 Å². The lowest BCUT2D eigenvalue weighted by atomic mass is 9.95. The lowest BCUT2D eigenvalue weighted by molar-refractivity contribution is -0.130. The molecule has 8 heteroatoms. The zero-order chi connectivity index (χ0) is 23.4. The van der Waals surface area contributed by atoms with Crippen molar-refractivity contribution in [3.8, 4) is 17.3 Å². The van der Waals surface area contributed by atoms with E-state index in [0.717, 1.165) is 71.1 Å². The molecule has 6 rings (SSSR count). The van der Waals surface area contributed by atoms with Crippen LogP contribution < -0.4 is 5.32 Å². The fourth-order valence-electron chi connectivity index (χ4n) is 5.49. The molecule has 3 aromatic rings. The van der Waals surface area contributed by atoms with Crippen molar-refractivity contribution in [1.82, 2.24) is 25.1 Å². The van der Waals surface area contributed by atoms with Gasteiger partial charge in [0, 0.05) is 55.1 Å². The van der Waals surface area contributed by atoms with Crippen LogP contribution in [0.1, 0.15) is 34.9 Å². The van der Waals surface area contributed by atoms with Crippen molar-refractivity contribution in [2.24, 2.45) is 11.8 Å². The highest BCUT2D eigenvalue weighted by Crippen LogP contribution is 2.47. The van der Waals surface area contributed by atoms with Crippen molar-refractivity contribution in [3.05, 3.63) is 46.1 Å². The van der Waals surface area contributed by atoms with Crippen molar-refractivity contribution < 1.29 is 4.79 Å². The molecule has 2 saturated heterocycles. The minimum atomic E-state index is 0.274. The van der Waals surface area contributed by atoms with Crippen LogP contribution in [-0.2, 0) is 17.9 Å². The number of hydrogen-bond acceptors (Lipinski definition) is 7. The lowest BCUT2D eigenvalue weighted by Crippen LogP contribution is -2.49. The summed E-state index contributed by atoms with van der Waals surface area (Å²) >= 11 is 1.67. The zero-order valence-electron chi connectivity index (χ0n) is 19.5. The van der Waals surface area contributed by atoms with E-state index in [2.05, 4.69) is 41.2 Å². The van der Waals surface area contributed by atoms with Gasteiger partial charge in [-0.3, -0.25) is 9.69 Å². The predicted molar refractivity (Wildman–Crippen MR) is 132 cm³/mol. The van der Waals surface area contributed by atoms with Crippen LogP contribution in [0.25, 0.3) is 21.5 Å². The average molecular weight is 473 g/mol. The van der Waals surface area contributed by atoms with E-state index >= 15 is 0 Å². The molecular formula is C26H28N6OS. The number of fused-ring (bicyclic) bond motifs is 2. The molecule has 0 radical (unpaired) electrons. The van der Waals surface area contributed by atoms with Crippen molar-refractivity contribution >= 4 is 27.5 Å². The van der Waals surface area contributed by atoms with Crippen LogP contribution in [0, 0.1) is 30.1 Å². The quantitative estimate of drug-likeness (QED) is 0.613. The van der Waals surface area contributed by atoms with Gasteiger partial charge in [0.05, 0.1) is 34.1 Å². The minimum Gasteiger partial charge on any atom is -0.337 e. The summed E-state index contributed by atoms with van der Waals surface area (Å²) in [5.41, 5.74) is 5.79. The number of piperidine rings is 1. The highest BCUT2D eigenvalue weighted by atomic mass is 32.1. The molecule has 1 saturated carbocycles. The number of aromatic nitrogens is 2. The second-order valence-electron chi connectivity index (χ2n) is 9.93. The molecule has 1 amide bonds. The number of benzene rings is 1. The summed E-state index contributed by atoms with van der Waals surface area (Å²) in [6.45, 7) is 9.66. The van der Waals surface area contributed by atoms with Crippen LogP contribution in [0.5, 0.6) is 0 Å². The predicted octanol–water partition coefficient (Wildman–Crippen LogP) is 3.31.